The van der Waals surface area contributed by atoms with E-state index in [4.69, 9.17) is 0 Å². The predicted molar refractivity (Wildman–Crippen MR) is 80.0 cm³/mol. The van der Waals surface area contributed by atoms with E-state index < -0.39 is 0 Å². The second-order valence-electron chi connectivity index (χ2n) is 6.09. The maximum atomic E-state index is 13.1. The molecule has 2 aromatic rings. The molecule has 2 aromatic carbocycles. The topological polar surface area (TPSA) is 12.0 Å². The molecule has 1 atom stereocenters. The quantitative estimate of drug-likeness (QED) is 0.853. The fourth-order valence-electron chi connectivity index (χ4n) is 2.47. The lowest BCUT2D eigenvalue weighted by atomic mass is 9.97. The first kappa shape index (κ1) is 13.3. The summed E-state index contributed by atoms with van der Waals surface area (Å²) in [6.07, 6.45) is 2.59. The highest BCUT2D eigenvalue weighted by molar-refractivity contribution is 5.32. The third-order valence-corrected chi connectivity index (χ3v) is 4.17. The van der Waals surface area contributed by atoms with Crippen LogP contribution in [0.4, 0.5) is 4.39 Å². The van der Waals surface area contributed by atoms with Gasteiger partial charge in [-0.2, -0.15) is 0 Å². The molecule has 0 aliphatic heterocycles. The zero-order valence-electron chi connectivity index (χ0n) is 11.8. The zero-order chi connectivity index (χ0) is 14.0. The van der Waals surface area contributed by atoms with Crippen LogP contribution in [0.3, 0.4) is 0 Å². The van der Waals surface area contributed by atoms with E-state index in [-0.39, 0.29) is 11.9 Å². The first-order valence-electron chi connectivity index (χ1n) is 7.20. The molecule has 0 spiro atoms. The summed E-state index contributed by atoms with van der Waals surface area (Å²) in [5.41, 5.74) is 2.79. The summed E-state index contributed by atoms with van der Waals surface area (Å²) in [5, 5.41) is 3.65. The largest absolute Gasteiger partial charge is 0.306 e. The van der Waals surface area contributed by atoms with E-state index in [1.165, 1.54) is 30.5 Å². The standard InChI is InChI=1S/C18H20FN/c1-18(11-12-18)13-20-17(14-5-3-2-4-6-14)15-7-9-16(19)10-8-15/h2-10,17,20H,11-13H2,1H3. The zero-order valence-corrected chi connectivity index (χ0v) is 11.8. The molecule has 104 valence electrons. The monoisotopic (exact) mass is 269 g/mol. The minimum atomic E-state index is -0.185. The summed E-state index contributed by atoms with van der Waals surface area (Å²) in [6.45, 7) is 3.32. The van der Waals surface area contributed by atoms with Gasteiger partial charge in [-0.15, -0.1) is 0 Å². The Balaban J connectivity index is 1.84. The Kier molecular flexibility index (Phi) is 3.58. The van der Waals surface area contributed by atoms with Crippen LogP contribution in [0, 0.1) is 11.2 Å². The molecule has 0 amide bonds. The van der Waals surface area contributed by atoms with Crippen LogP contribution in [0.2, 0.25) is 0 Å². The summed E-state index contributed by atoms with van der Waals surface area (Å²) in [6, 6.07) is 17.3. The average Bonchev–Trinajstić information content (AvgIpc) is 3.20. The van der Waals surface area contributed by atoms with Crippen molar-refractivity contribution in [1.29, 1.82) is 0 Å². The van der Waals surface area contributed by atoms with Gasteiger partial charge in [-0.05, 0) is 41.5 Å². The Morgan fingerprint density at radius 2 is 1.60 bits per heavy atom. The highest BCUT2D eigenvalue weighted by atomic mass is 19.1. The van der Waals surface area contributed by atoms with E-state index in [1.807, 2.05) is 30.3 Å². The smallest absolute Gasteiger partial charge is 0.123 e. The minimum absolute atomic E-state index is 0.134. The van der Waals surface area contributed by atoms with Crippen molar-refractivity contribution in [3.8, 4) is 0 Å². The summed E-state index contributed by atoms with van der Waals surface area (Å²) < 4.78 is 13.1. The molecule has 1 aliphatic carbocycles. The van der Waals surface area contributed by atoms with Gasteiger partial charge in [-0.3, -0.25) is 0 Å². The van der Waals surface area contributed by atoms with Gasteiger partial charge in [0.2, 0.25) is 0 Å². The van der Waals surface area contributed by atoms with Crippen molar-refractivity contribution in [3.05, 3.63) is 71.5 Å². The SMILES string of the molecule is CC1(CNC(c2ccccc2)c2ccc(F)cc2)CC1. The molecule has 1 nitrogen and oxygen atoms in total. The summed E-state index contributed by atoms with van der Waals surface area (Å²) in [5.74, 6) is -0.185. The van der Waals surface area contributed by atoms with Gasteiger partial charge in [0.1, 0.15) is 5.82 Å². The molecule has 1 aliphatic rings. The van der Waals surface area contributed by atoms with Gasteiger partial charge in [0.05, 0.1) is 6.04 Å². The molecule has 2 heteroatoms. The van der Waals surface area contributed by atoms with E-state index in [1.54, 1.807) is 0 Å². The maximum Gasteiger partial charge on any atom is 0.123 e. The fourth-order valence-corrected chi connectivity index (χ4v) is 2.47. The number of benzene rings is 2. The van der Waals surface area contributed by atoms with Crippen LogP contribution in [-0.4, -0.2) is 6.54 Å². The second kappa shape index (κ2) is 5.37. The summed E-state index contributed by atoms with van der Waals surface area (Å²) in [7, 11) is 0. The van der Waals surface area contributed by atoms with Crippen LogP contribution in [0.15, 0.2) is 54.6 Å². The van der Waals surface area contributed by atoms with Crippen molar-refractivity contribution in [2.75, 3.05) is 6.54 Å². The average molecular weight is 269 g/mol. The third-order valence-electron chi connectivity index (χ3n) is 4.17. The van der Waals surface area contributed by atoms with E-state index >= 15 is 0 Å². The molecule has 0 saturated heterocycles. The van der Waals surface area contributed by atoms with Gasteiger partial charge < -0.3 is 5.32 Å². The Labute approximate surface area is 119 Å². The molecule has 0 bridgehead atoms. The highest BCUT2D eigenvalue weighted by Crippen LogP contribution is 2.44. The first-order valence-corrected chi connectivity index (χ1v) is 7.20. The van der Waals surface area contributed by atoms with E-state index in [2.05, 4.69) is 24.4 Å². The lowest BCUT2D eigenvalue weighted by Gasteiger charge is -2.22. The molecule has 20 heavy (non-hydrogen) atoms. The predicted octanol–water partition coefficient (Wildman–Crippen LogP) is 4.30. The molecule has 1 N–H and O–H groups in total. The Bertz CT molecular complexity index is 558. The lowest BCUT2D eigenvalue weighted by Crippen LogP contribution is -2.28. The molecular formula is C18H20FN. The van der Waals surface area contributed by atoms with Crippen LogP contribution < -0.4 is 5.32 Å². The van der Waals surface area contributed by atoms with Crippen molar-refractivity contribution in [2.45, 2.75) is 25.8 Å². The maximum absolute atomic E-state index is 13.1. The van der Waals surface area contributed by atoms with Crippen LogP contribution in [0.5, 0.6) is 0 Å². The molecule has 0 heterocycles. The lowest BCUT2D eigenvalue weighted by molar-refractivity contribution is 0.470. The van der Waals surface area contributed by atoms with E-state index in [0.717, 1.165) is 12.1 Å². The Morgan fingerprint density at radius 3 is 2.20 bits per heavy atom. The van der Waals surface area contributed by atoms with Gasteiger partial charge >= 0.3 is 0 Å². The summed E-state index contributed by atoms with van der Waals surface area (Å²) in [4.78, 5) is 0. The van der Waals surface area contributed by atoms with Crippen molar-refractivity contribution in [2.24, 2.45) is 5.41 Å². The summed E-state index contributed by atoms with van der Waals surface area (Å²) >= 11 is 0. The van der Waals surface area contributed by atoms with E-state index in [0.29, 0.717) is 5.41 Å². The van der Waals surface area contributed by atoms with Crippen LogP contribution in [0.25, 0.3) is 0 Å². The molecular weight excluding hydrogens is 249 g/mol. The molecule has 0 radical (unpaired) electrons. The van der Waals surface area contributed by atoms with Crippen LogP contribution in [-0.2, 0) is 0 Å². The van der Waals surface area contributed by atoms with Crippen molar-refractivity contribution >= 4 is 0 Å². The Morgan fingerprint density at radius 1 is 1.00 bits per heavy atom. The minimum Gasteiger partial charge on any atom is -0.306 e. The van der Waals surface area contributed by atoms with Crippen molar-refractivity contribution in [3.63, 3.8) is 0 Å². The molecule has 3 rings (SSSR count). The second-order valence-corrected chi connectivity index (χ2v) is 6.09. The number of hydrogen-bond acceptors (Lipinski definition) is 1. The van der Waals surface area contributed by atoms with Crippen LogP contribution in [0.1, 0.15) is 36.9 Å². The fraction of sp³-hybridized carbons (Fsp3) is 0.333. The molecule has 1 fully saturated rings. The first-order chi connectivity index (χ1) is 9.66. The highest BCUT2D eigenvalue weighted by Gasteiger charge is 2.37. The van der Waals surface area contributed by atoms with Crippen LogP contribution >= 0.6 is 0 Å². The van der Waals surface area contributed by atoms with Crippen molar-refractivity contribution in [1.82, 2.24) is 5.32 Å². The number of nitrogens with one attached hydrogen (secondary N) is 1. The van der Waals surface area contributed by atoms with Gasteiger partial charge in [-0.25, -0.2) is 4.39 Å². The normalized spacial score (nSPS) is 17.7. The molecule has 1 saturated carbocycles. The number of rotatable bonds is 5. The number of hydrogen-bond donors (Lipinski definition) is 1. The van der Waals surface area contributed by atoms with Gasteiger partial charge in [0.25, 0.3) is 0 Å². The number of halogens is 1. The van der Waals surface area contributed by atoms with Gasteiger partial charge in [-0.1, -0.05) is 49.4 Å². The van der Waals surface area contributed by atoms with E-state index in [9.17, 15) is 4.39 Å². The van der Waals surface area contributed by atoms with Crippen molar-refractivity contribution < 1.29 is 4.39 Å². The third kappa shape index (κ3) is 3.07. The molecule has 0 aromatic heterocycles. The molecule has 1 unspecified atom stereocenters. The Hall–Kier alpha value is -1.67. The van der Waals surface area contributed by atoms with Gasteiger partial charge in [0.15, 0.2) is 0 Å². The van der Waals surface area contributed by atoms with Gasteiger partial charge in [0, 0.05) is 6.54 Å².